The molecule has 0 spiro atoms. The summed E-state index contributed by atoms with van der Waals surface area (Å²) in [6.45, 7) is 7.56. The van der Waals surface area contributed by atoms with E-state index in [1.54, 1.807) is 7.11 Å². The fourth-order valence-electron chi connectivity index (χ4n) is 1.45. The van der Waals surface area contributed by atoms with Gasteiger partial charge in [0.1, 0.15) is 0 Å². The van der Waals surface area contributed by atoms with E-state index in [2.05, 4.69) is 10.6 Å². The van der Waals surface area contributed by atoms with E-state index in [1.165, 1.54) is 0 Å². The van der Waals surface area contributed by atoms with E-state index in [-0.39, 0.29) is 18.0 Å². The van der Waals surface area contributed by atoms with E-state index in [1.807, 2.05) is 20.8 Å². The Hall–Kier alpha value is -0.610. The highest BCUT2D eigenvalue weighted by molar-refractivity contribution is 5.76. The van der Waals surface area contributed by atoms with E-state index < -0.39 is 0 Å². The average molecular weight is 216 g/mol. The maximum absolute atomic E-state index is 11.6. The van der Waals surface area contributed by atoms with Gasteiger partial charge in [0.2, 0.25) is 5.91 Å². The van der Waals surface area contributed by atoms with E-state index in [0.717, 1.165) is 13.0 Å². The van der Waals surface area contributed by atoms with Crippen LogP contribution in [0.1, 0.15) is 33.6 Å². The SMILES string of the molecule is CCNC(C)CC(=O)NC(CC)COC. The first-order chi connectivity index (χ1) is 7.13. The van der Waals surface area contributed by atoms with Crippen LogP contribution in [-0.4, -0.2) is 38.3 Å². The molecule has 0 aromatic carbocycles. The predicted octanol–water partition coefficient (Wildman–Crippen LogP) is 0.916. The van der Waals surface area contributed by atoms with Crippen molar-refractivity contribution < 1.29 is 9.53 Å². The molecule has 0 rings (SSSR count). The number of rotatable bonds is 8. The Morgan fingerprint density at radius 2 is 2.07 bits per heavy atom. The number of methoxy groups -OCH3 is 1. The number of ether oxygens (including phenoxy) is 1. The van der Waals surface area contributed by atoms with Gasteiger partial charge in [0, 0.05) is 19.6 Å². The molecular weight excluding hydrogens is 192 g/mol. The van der Waals surface area contributed by atoms with Gasteiger partial charge in [-0.05, 0) is 19.9 Å². The van der Waals surface area contributed by atoms with Gasteiger partial charge in [0.25, 0.3) is 0 Å². The van der Waals surface area contributed by atoms with Crippen LogP contribution >= 0.6 is 0 Å². The summed E-state index contributed by atoms with van der Waals surface area (Å²) < 4.78 is 5.02. The Morgan fingerprint density at radius 1 is 1.40 bits per heavy atom. The van der Waals surface area contributed by atoms with Gasteiger partial charge in [-0.2, -0.15) is 0 Å². The van der Waals surface area contributed by atoms with Gasteiger partial charge < -0.3 is 15.4 Å². The van der Waals surface area contributed by atoms with Crippen molar-refractivity contribution in [2.24, 2.45) is 0 Å². The number of carbonyl (C=O) groups is 1. The molecule has 0 radical (unpaired) electrons. The molecule has 15 heavy (non-hydrogen) atoms. The Labute approximate surface area is 92.8 Å². The van der Waals surface area contributed by atoms with Gasteiger partial charge in [-0.1, -0.05) is 13.8 Å². The zero-order valence-electron chi connectivity index (χ0n) is 10.3. The zero-order chi connectivity index (χ0) is 11.7. The normalized spacial score (nSPS) is 14.7. The maximum Gasteiger partial charge on any atom is 0.221 e. The van der Waals surface area contributed by atoms with Crippen LogP contribution in [0.4, 0.5) is 0 Å². The van der Waals surface area contributed by atoms with Crippen LogP contribution in [0.3, 0.4) is 0 Å². The molecular formula is C11H24N2O2. The molecule has 0 saturated carbocycles. The Bertz CT molecular complexity index is 174. The van der Waals surface area contributed by atoms with Gasteiger partial charge in [-0.25, -0.2) is 0 Å². The second-order valence-electron chi connectivity index (χ2n) is 3.79. The summed E-state index contributed by atoms with van der Waals surface area (Å²) in [5.74, 6) is 0.0901. The molecule has 0 fully saturated rings. The van der Waals surface area contributed by atoms with Crippen molar-refractivity contribution in [2.45, 2.75) is 45.7 Å². The molecule has 0 saturated heterocycles. The third-order valence-electron chi connectivity index (χ3n) is 2.27. The summed E-state index contributed by atoms with van der Waals surface area (Å²) >= 11 is 0. The molecule has 1 amide bonds. The maximum atomic E-state index is 11.6. The van der Waals surface area contributed by atoms with E-state index >= 15 is 0 Å². The lowest BCUT2D eigenvalue weighted by molar-refractivity contribution is -0.122. The molecule has 2 atom stereocenters. The van der Waals surface area contributed by atoms with Crippen molar-refractivity contribution in [1.82, 2.24) is 10.6 Å². The molecule has 0 aliphatic carbocycles. The first-order valence-electron chi connectivity index (χ1n) is 5.65. The van der Waals surface area contributed by atoms with Crippen LogP contribution < -0.4 is 10.6 Å². The monoisotopic (exact) mass is 216 g/mol. The minimum Gasteiger partial charge on any atom is -0.383 e. The fourth-order valence-corrected chi connectivity index (χ4v) is 1.45. The van der Waals surface area contributed by atoms with Crippen molar-refractivity contribution in [3.63, 3.8) is 0 Å². The molecule has 0 bridgehead atoms. The lowest BCUT2D eigenvalue weighted by Gasteiger charge is -2.18. The Balaban J connectivity index is 3.79. The standard InChI is InChI=1S/C11H24N2O2/c1-5-10(8-15-4)13-11(14)7-9(3)12-6-2/h9-10,12H,5-8H2,1-4H3,(H,13,14). The Morgan fingerprint density at radius 3 is 2.53 bits per heavy atom. The van der Waals surface area contributed by atoms with Gasteiger partial charge in [0.15, 0.2) is 0 Å². The second-order valence-corrected chi connectivity index (χ2v) is 3.79. The number of hydrogen-bond acceptors (Lipinski definition) is 3. The van der Waals surface area contributed by atoms with E-state index in [9.17, 15) is 4.79 Å². The lowest BCUT2D eigenvalue weighted by Crippen LogP contribution is -2.40. The zero-order valence-corrected chi connectivity index (χ0v) is 10.3. The van der Waals surface area contributed by atoms with Gasteiger partial charge in [-0.15, -0.1) is 0 Å². The summed E-state index contributed by atoms with van der Waals surface area (Å²) in [6, 6.07) is 0.367. The number of carbonyl (C=O) groups excluding carboxylic acids is 1. The molecule has 0 aromatic heterocycles. The summed E-state index contributed by atoms with van der Waals surface area (Å²) in [4.78, 5) is 11.6. The smallest absolute Gasteiger partial charge is 0.221 e. The van der Waals surface area contributed by atoms with E-state index in [4.69, 9.17) is 4.74 Å². The van der Waals surface area contributed by atoms with Crippen LogP contribution in [0.15, 0.2) is 0 Å². The van der Waals surface area contributed by atoms with Crippen LogP contribution in [-0.2, 0) is 9.53 Å². The molecule has 90 valence electrons. The molecule has 4 nitrogen and oxygen atoms in total. The molecule has 0 aliphatic heterocycles. The third kappa shape index (κ3) is 7.33. The van der Waals surface area contributed by atoms with E-state index in [0.29, 0.717) is 13.0 Å². The van der Waals surface area contributed by atoms with Crippen LogP contribution in [0.2, 0.25) is 0 Å². The van der Waals surface area contributed by atoms with Crippen LogP contribution in [0.5, 0.6) is 0 Å². The predicted molar refractivity (Wildman–Crippen MR) is 61.9 cm³/mol. The fraction of sp³-hybridized carbons (Fsp3) is 0.909. The molecule has 0 heterocycles. The lowest BCUT2D eigenvalue weighted by atomic mass is 10.2. The molecule has 2 N–H and O–H groups in total. The van der Waals surface area contributed by atoms with Crippen molar-refractivity contribution in [1.29, 1.82) is 0 Å². The first-order valence-corrected chi connectivity index (χ1v) is 5.65. The third-order valence-corrected chi connectivity index (χ3v) is 2.27. The molecule has 2 unspecified atom stereocenters. The number of hydrogen-bond donors (Lipinski definition) is 2. The summed E-state index contributed by atoms with van der Waals surface area (Å²) in [6.07, 6.45) is 1.42. The van der Waals surface area contributed by atoms with Crippen LogP contribution in [0.25, 0.3) is 0 Å². The van der Waals surface area contributed by atoms with Gasteiger partial charge in [0.05, 0.1) is 12.6 Å². The first kappa shape index (κ1) is 14.4. The highest BCUT2D eigenvalue weighted by atomic mass is 16.5. The van der Waals surface area contributed by atoms with Gasteiger partial charge >= 0.3 is 0 Å². The Kier molecular flexibility index (Phi) is 8.33. The van der Waals surface area contributed by atoms with Crippen molar-refractivity contribution in [2.75, 3.05) is 20.3 Å². The summed E-state index contributed by atoms with van der Waals surface area (Å²) in [7, 11) is 1.65. The van der Waals surface area contributed by atoms with Crippen LogP contribution in [0, 0.1) is 0 Å². The molecule has 4 heteroatoms. The number of nitrogens with one attached hydrogen (secondary N) is 2. The highest BCUT2D eigenvalue weighted by Crippen LogP contribution is 1.95. The highest BCUT2D eigenvalue weighted by Gasteiger charge is 2.12. The van der Waals surface area contributed by atoms with Crippen molar-refractivity contribution in [3.8, 4) is 0 Å². The average Bonchev–Trinajstić information content (AvgIpc) is 2.17. The largest absolute Gasteiger partial charge is 0.383 e. The summed E-state index contributed by atoms with van der Waals surface area (Å²) in [5.41, 5.74) is 0. The topological polar surface area (TPSA) is 50.4 Å². The van der Waals surface area contributed by atoms with Crippen molar-refractivity contribution in [3.05, 3.63) is 0 Å². The summed E-state index contributed by atoms with van der Waals surface area (Å²) in [5, 5.41) is 6.16. The number of amides is 1. The minimum absolute atomic E-state index is 0.0901. The quantitative estimate of drug-likeness (QED) is 0.634. The molecule has 0 aromatic rings. The van der Waals surface area contributed by atoms with Crippen molar-refractivity contribution >= 4 is 5.91 Å². The minimum atomic E-state index is 0.0901. The second kappa shape index (κ2) is 8.68. The molecule has 0 aliphatic rings. The van der Waals surface area contributed by atoms with Gasteiger partial charge in [-0.3, -0.25) is 4.79 Å².